The molecule has 0 atom stereocenters. The molecule has 0 radical (unpaired) electrons. The number of carbonyl (C=O) groups is 2. The Morgan fingerprint density at radius 3 is 2.32 bits per heavy atom. The predicted molar refractivity (Wildman–Crippen MR) is 126 cm³/mol. The molecule has 8 heteroatoms. The second-order valence-electron chi connectivity index (χ2n) is 7.94. The van der Waals surface area contributed by atoms with Gasteiger partial charge in [0, 0.05) is 18.7 Å². The maximum Gasteiger partial charge on any atom is 0.338 e. The van der Waals surface area contributed by atoms with Crippen molar-refractivity contribution in [3.63, 3.8) is 0 Å². The summed E-state index contributed by atoms with van der Waals surface area (Å²) in [7, 11) is -4.11. The van der Waals surface area contributed by atoms with E-state index >= 15 is 0 Å². The highest BCUT2D eigenvalue weighted by atomic mass is 32.2. The van der Waals surface area contributed by atoms with Gasteiger partial charge < -0.3 is 4.74 Å². The summed E-state index contributed by atoms with van der Waals surface area (Å²) in [5.41, 5.74) is 4.65. The fourth-order valence-electron chi connectivity index (χ4n) is 4.13. The lowest BCUT2D eigenvalue weighted by Crippen LogP contribution is -2.31. The van der Waals surface area contributed by atoms with E-state index in [1.165, 1.54) is 5.56 Å². The van der Waals surface area contributed by atoms with Crippen molar-refractivity contribution in [3.05, 3.63) is 88.7 Å². The molecule has 0 fully saturated rings. The number of hydrogen-bond donors (Lipinski definition) is 0. The van der Waals surface area contributed by atoms with Gasteiger partial charge in [-0.15, -0.1) is 0 Å². The zero-order valence-electron chi connectivity index (χ0n) is 18.9. The lowest BCUT2D eigenvalue weighted by molar-refractivity contribution is 0.0474. The first-order valence-corrected chi connectivity index (χ1v) is 12.4. The molecular weight excluding hydrogens is 457 g/mol. The SMILES string of the molecule is CCN(CC)S(=O)(=O)c1cc(C(=O)OCC(=O)c2ccc3c(c2)-c2ccccc2C3)ccc1F. The van der Waals surface area contributed by atoms with Crippen LogP contribution in [0.15, 0.2) is 65.6 Å². The number of halogens is 1. The van der Waals surface area contributed by atoms with Gasteiger partial charge in [0.1, 0.15) is 10.7 Å². The number of ether oxygens (including phenoxy) is 1. The van der Waals surface area contributed by atoms with Crippen molar-refractivity contribution in [3.8, 4) is 11.1 Å². The van der Waals surface area contributed by atoms with Gasteiger partial charge in [0.05, 0.1) is 5.56 Å². The molecule has 6 nitrogen and oxygen atoms in total. The first kappa shape index (κ1) is 23.8. The van der Waals surface area contributed by atoms with E-state index in [4.69, 9.17) is 4.74 Å². The molecule has 0 unspecified atom stereocenters. The molecule has 0 heterocycles. The summed E-state index contributed by atoms with van der Waals surface area (Å²) in [4.78, 5) is 24.6. The zero-order valence-corrected chi connectivity index (χ0v) is 19.7. The van der Waals surface area contributed by atoms with E-state index in [1.54, 1.807) is 26.0 Å². The molecule has 0 bridgehead atoms. The number of rotatable bonds is 8. The van der Waals surface area contributed by atoms with Crippen LogP contribution in [0.2, 0.25) is 0 Å². The van der Waals surface area contributed by atoms with Crippen LogP contribution in [0.5, 0.6) is 0 Å². The lowest BCUT2D eigenvalue weighted by Gasteiger charge is -2.19. The molecule has 0 saturated heterocycles. The minimum Gasteiger partial charge on any atom is -0.454 e. The third kappa shape index (κ3) is 4.38. The number of fused-ring (bicyclic) bond motifs is 3. The summed E-state index contributed by atoms with van der Waals surface area (Å²) in [6.07, 6.45) is 0.804. The number of benzene rings is 3. The van der Waals surface area contributed by atoms with Crippen molar-refractivity contribution in [2.75, 3.05) is 19.7 Å². The standard InChI is InChI=1S/C26H24FNO5S/c1-3-28(4-2)34(31,32)25-15-20(11-12-23(25)27)26(30)33-16-24(29)19-10-9-18-13-17-7-5-6-8-21(17)22(18)14-19/h5-12,14-15H,3-4,13,16H2,1-2H3. The van der Waals surface area contributed by atoms with Gasteiger partial charge in [0.15, 0.2) is 12.4 Å². The summed E-state index contributed by atoms with van der Waals surface area (Å²) < 4.78 is 45.9. The molecule has 3 aromatic carbocycles. The van der Waals surface area contributed by atoms with Gasteiger partial charge >= 0.3 is 5.97 Å². The summed E-state index contributed by atoms with van der Waals surface area (Å²) in [5.74, 6) is -2.26. The number of nitrogens with zero attached hydrogens (tertiary/aromatic N) is 1. The van der Waals surface area contributed by atoms with Crippen LogP contribution in [0, 0.1) is 5.82 Å². The third-order valence-corrected chi connectivity index (χ3v) is 8.01. The van der Waals surface area contributed by atoms with Gasteiger partial charge in [0.25, 0.3) is 0 Å². The molecule has 0 saturated carbocycles. The molecule has 4 rings (SSSR count). The third-order valence-electron chi connectivity index (χ3n) is 5.94. The quantitative estimate of drug-likeness (QED) is 0.274. The minimum absolute atomic E-state index is 0.150. The first-order chi connectivity index (χ1) is 16.3. The molecule has 0 N–H and O–H groups in total. The highest BCUT2D eigenvalue weighted by Crippen LogP contribution is 2.36. The lowest BCUT2D eigenvalue weighted by atomic mass is 10.0. The second kappa shape index (κ2) is 9.48. The number of carbonyl (C=O) groups excluding carboxylic acids is 2. The van der Waals surface area contributed by atoms with E-state index in [-0.39, 0.29) is 18.7 Å². The van der Waals surface area contributed by atoms with Crippen molar-refractivity contribution in [2.45, 2.75) is 25.2 Å². The summed E-state index contributed by atoms with van der Waals surface area (Å²) in [5, 5.41) is 0. The molecule has 176 valence electrons. The average molecular weight is 482 g/mol. The van der Waals surface area contributed by atoms with Gasteiger partial charge in [0.2, 0.25) is 10.0 Å². The van der Waals surface area contributed by atoms with Crippen molar-refractivity contribution >= 4 is 21.8 Å². The molecule has 0 spiro atoms. The molecule has 3 aromatic rings. The molecular formula is C26H24FNO5S. The fourth-order valence-corrected chi connectivity index (χ4v) is 5.67. The van der Waals surface area contributed by atoms with E-state index in [9.17, 15) is 22.4 Å². The maximum atomic E-state index is 14.3. The monoisotopic (exact) mass is 481 g/mol. The van der Waals surface area contributed by atoms with Crippen LogP contribution in [-0.2, 0) is 21.2 Å². The first-order valence-electron chi connectivity index (χ1n) is 11.0. The molecule has 0 aliphatic heterocycles. The number of Topliss-reactive ketones (excluding diaryl/α,β-unsaturated/α-hetero) is 1. The van der Waals surface area contributed by atoms with Crippen LogP contribution in [0.3, 0.4) is 0 Å². The Hall–Kier alpha value is -3.36. The van der Waals surface area contributed by atoms with Gasteiger partial charge in [-0.25, -0.2) is 17.6 Å². The molecule has 0 amide bonds. The van der Waals surface area contributed by atoms with E-state index in [0.29, 0.717) is 5.56 Å². The number of esters is 1. The number of ketones is 1. The van der Waals surface area contributed by atoms with Crippen LogP contribution in [-0.4, -0.2) is 44.2 Å². The molecule has 1 aliphatic rings. The zero-order chi connectivity index (χ0) is 24.5. The van der Waals surface area contributed by atoms with Gasteiger partial charge in [-0.05, 0) is 52.9 Å². The second-order valence-corrected chi connectivity index (χ2v) is 9.85. The van der Waals surface area contributed by atoms with Crippen molar-refractivity contribution < 1.29 is 27.1 Å². The maximum absolute atomic E-state index is 14.3. The Morgan fingerprint density at radius 1 is 0.912 bits per heavy atom. The van der Waals surface area contributed by atoms with Crippen LogP contribution < -0.4 is 0 Å². The highest BCUT2D eigenvalue weighted by molar-refractivity contribution is 7.89. The van der Waals surface area contributed by atoms with Gasteiger partial charge in [-0.3, -0.25) is 4.79 Å². The van der Waals surface area contributed by atoms with E-state index in [1.807, 2.05) is 24.3 Å². The van der Waals surface area contributed by atoms with Crippen LogP contribution >= 0.6 is 0 Å². The van der Waals surface area contributed by atoms with Crippen molar-refractivity contribution in [1.82, 2.24) is 4.31 Å². The minimum atomic E-state index is -4.11. The molecule has 0 aromatic heterocycles. The van der Waals surface area contributed by atoms with E-state index in [2.05, 4.69) is 6.07 Å². The van der Waals surface area contributed by atoms with Crippen LogP contribution in [0.4, 0.5) is 4.39 Å². The van der Waals surface area contributed by atoms with E-state index in [0.717, 1.165) is 45.6 Å². The smallest absolute Gasteiger partial charge is 0.338 e. The Labute approximate surface area is 198 Å². The Bertz CT molecular complexity index is 1380. The van der Waals surface area contributed by atoms with Gasteiger partial charge in [-0.2, -0.15) is 4.31 Å². The summed E-state index contributed by atoms with van der Waals surface area (Å²) in [6.45, 7) is 3.08. The Balaban J connectivity index is 1.50. The van der Waals surface area contributed by atoms with Crippen molar-refractivity contribution in [1.29, 1.82) is 0 Å². The number of hydrogen-bond acceptors (Lipinski definition) is 5. The van der Waals surface area contributed by atoms with E-state index < -0.39 is 39.1 Å². The summed E-state index contributed by atoms with van der Waals surface area (Å²) in [6, 6.07) is 16.4. The molecule has 34 heavy (non-hydrogen) atoms. The predicted octanol–water partition coefficient (Wildman–Crippen LogP) is 4.47. The Kier molecular flexibility index (Phi) is 6.63. The van der Waals surface area contributed by atoms with Crippen LogP contribution in [0.25, 0.3) is 11.1 Å². The Morgan fingerprint density at radius 2 is 1.59 bits per heavy atom. The fraction of sp³-hybridized carbons (Fsp3) is 0.231. The van der Waals surface area contributed by atoms with Gasteiger partial charge in [-0.1, -0.05) is 50.2 Å². The normalized spacial score (nSPS) is 12.4. The van der Waals surface area contributed by atoms with Crippen molar-refractivity contribution in [2.24, 2.45) is 0 Å². The average Bonchev–Trinajstić information content (AvgIpc) is 3.21. The number of sulfonamides is 1. The largest absolute Gasteiger partial charge is 0.454 e. The molecule has 1 aliphatic carbocycles. The van der Waals surface area contributed by atoms with Crippen LogP contribution in [0.1, 0.15) is 45.7 Å². The summed E-state index contributed by atoms with van der Waals surface area (Å²) >= 11 is 0. The topological polar surface area (TPSA) is 80.8 Å². The highest BCUT2D eigenvalue weighted by Gasteiger charge is 2.27.